The van der Waals surface area contributed by atoms with Crippen molar-refractivity contribution in [3.8, 4) is 5.69 Å². The summed E-state index contributed by atoms with van der Waals surface area (Å²) in [6.45, 7) is 5.91. The fraction of sp³-hybridized carbons (Fsp3) is 0.273. The fourth-order valence-electron chi connectivity index (χ4n) is 2.88. The lowest BCUT2D eigenvalue weighted by Gasteiger charge is -2.26. The van der Waals surface area contributed by atoms with E-state index in [4.69, 9.17) is 0 Å². The molecule has 140 valence electrons. The van der Waals surface area contributed by atoms with Crippen molar-refractivity contribution >= 4 is 5.96 Å². The van der Waals surface area contributed by atoms with Crippen LogP contribution in [0.15, 0.2) is 78.0 Å². The van der Waals surface area contributed by atoms with E-state index in [9.17, 15) is 0 Å². The van der Waals surface area contributed by atoms with Gasteiger partial charge in [0.25, 0.3) is 0 Å². The van der Waals surface area contributed by atoms with Crippen LogP contribution in [0.1, 0.15) is 25.0 Å². The van der Waals surface area contributed by atoms with Crippen molar-refractivity contribution in [1.82, 2.24) is 20.4 Å². The topological polar surface area (TPSA) is 54.2 Å². The van der Waals surface area contributed by atoms with Gasteiger partial charge in [0.2, 0.25) is 0 Å². The maximum atomic E-state index is 4.43. The average Bonchev–Trinajstić information content (AvgIpc) is 3.18. The highest BCUT2D eigenvalue weighted by Gasteiger charge is 2.20. The Morgan fingerprint density at radius 2 is 1.67 bits per heavy atom. The second kappa shape index (κ2) is 8.54. The van der Waals surface area contributed by atoms with Crippen LogP contribution in [0.4, 0.5) is 0 Å². The molecule has 27 heavy (non-hydrogen) atoms. The number of rotatable bonds is 6. The number of guanidine groups is 1. The van der Waals surface area contributed by atoms with Gasteiger partial charge >= 0.3 is 0 Å². The average molecular weight is 361 g/mol. The third-order valence-electron chi connectivity index (χ3n) is 4.59. The molecule has 0 atom stereocenters. The third kappa shape index (κ3) is 4.97. The van der Waals surface area contributed by atoms with E-state index in [0.29, 0.717) is 6.54 Å². The van der Waals surface area contributed by atoms with Gasteiger partial charge in [0, 0.05) is 37.3 Å². The predicted molar refractivity (Wildman–Crippen MR) is 111 cm³/mol. The molecule has 1 aromatic heterocycles. The molecule has 0 radical (unpaired) electrons. The number of nitrogens with one attached hydrogen (secondary N) is 2. The summed E-state index contributed by atoms with van der Waals surface area (Å²) in [6.07, 6.45) is 3.91. The molecule has 0 unspecified atom stereocenters. The molecule has 5 nitrogen and oxygen atoms in total. The molecule has 3 rings (SSSR count). The van der Waals surface area contributed by atoms with Gasteiger partial charge in [-0.1, -0.05) is 62.4 Å². The van der Waals surface area contributed by atoms with Gasteiger partial charge in [0.05, 0.1) is 11.9 Å². The SMILES string of the molecule is CN=C(NCc1cnn(-c2ccccc2)c1)NCC(C)(C)c1ccccc1. The fourth-order valence-corrected chi connectivity index (χ4v) is 2.88. The molecule has 0 fully saturated rings. The zero-order valence-corrected chi connectivity index (χ0v) is 16.2. The molecule has 2 aromatic carbocycles. The normalized spacial score (nSPS) is 12.0. The van der Waals surface area contributed by atoms with E-state index in [-0.39, 0.29) is 5.41 Å². The summed E-state index contributed by atoms with van der Waals surface area (Å²) in [5, 5.41) is 11.2. The monoisotopic (exact) mass is 361 g/mol. The van der Waals surface area contributed by atoms with Gasteiger partial charge in [0.15, 0.2) is 5.96 Å². The van der Waals surface area contributed by atoms with Crippen molar-refractivity contribution in [2.45, 2.75) is 25.8 Å². The molecule has 0 aliphatic heterocycles. The number of hydrogen-bond acceptors (Lipinski definition) is 2. The lowest BCUT2D eigenvalue weighted by atomic mass is 9.85. The molecule has 0 bridgehead atoms. The summed E-state index contributed by atoms with van der Waals surface area (Å²) in [6, 6.07) is 20.6. The molecule has 1 heterocycles. The van der Waals surface area contributed by atoms with Gasteiger partial charge < -0.3 is 10.6 Å². The summed E-state index contributed by atoms with van der Waals surface area (Å²) in [4.78, 5) is 4.33. The van der Waals surface area contributed by atoms with Gasteiger partial charge in [-0.2, -0.15) is 5.10 Å². The Kier molecular flexibility index (Phi) is 5.91. The minimum atomic E-state index is 0.0110. The van der Waals surface area contributed by atoms with Crippen molar-refractivity contribution in [1.29, 1.82) is 0 Å². The van der Waals surface area contributed by atoms with E-state index in [2.05, 4.69) is 58.8 Å². The van der Waals surface area contributed by atoms with Crippen LogP contribution in [0.5, 0.6) is 0 Å². The first-order valence-electron chi connectivity index (χ1n) is 9.17. The molecule has 0 spiro atoms. The van der Waals surface area contributed by atoms with Crippen LogP contribution in [-0.4, -0.2) is 29.3 Å². The first-order chi connectivity index (χ1) is 13.1. The summed E-state index contributed by atoms with van der Waals surface area (Å²) in [7, 11) is 1.79. The number of aromatic nitrogens is 2. The molecule has 0 amide bonds. The lowest BCUT2D eigenvalue weighted by molar-refractivity contribution is 0.508. The quantitative estimate of drug-likeness (QED) is 0.522. The molecule has 5 heteroatoms. The summed E-state index contributed by atoms with van der Waals surface area (Å²) >= 11 is 0. The Hall–Kier alpha value is -3.08. The zero-order valence-electron chi connectivity index (χ0n) is 16.2. The summed E-state index contributed by atoms with van der Waals surface area (Å²) in [5.41, 5.74) is 3.47. The number of hydrogen-bond donors (Lipinski definition) is 2. The first kappa shape index (κ1) is 18.7. The highest BCUT2D eigenvalue weighted by Crippen LogP contribution is 2.21. The number of nitrogens with zero attached hydrogens (tertiary/aromatic N) is 3. The number of para-hydroxylation sites is 1. The van der Waals surface area contributed by atoms with Crippen molar-refractivity contribution in [3.63, 3.8) is 0 Å². The van der Waals surface area contributed by atoms with Gasteiger partial charge in [-0.05, 0) is 17.7 Å². The molecular weight excluding hydrogens is 334 g/mol. The molecule has 0 aliphatic carbocycles. The van der Waals surface area contributed by atoms with Crippen LogP contribution >= 0.6 is 0 Å². The molecule has 0 saturated heterocycles. The Morgan fingerprint density at radius 3 is 2.33 bits per heavy atom. The summed E-state index contributed by atoms with van der Waals surface area (Å²) < 4.78 is 1.88. The minimum absolute atomic E-state index is 0.0110. The summed E-state index contributed by atoms with van der Waals surface area (Å²) in [5.74, 6) is 0.784. The first-order valence-corrected chi connectivity index (χ1v) is 9.17. The Morgan fingerprint density at radius 1 is 1.00 bits per heavy atom. The lowest BCUT2D eigenvalue weighted by Crippen LogP contribution is -2.43. The van der Waals surface area contributed by atoms with Gasteiger partial charge in [-0.25, -0.2) is 4.68 Å². The second-order valence-corrected chi connectivity index (χ2v) is 7.16. The van der Waals surface area contributed by atoms with E-state index in [1.54, 1.807) is 7.05 Å². The zero-order chi connectivity index (χ0) is 19.1. The highest BCUT2D eigenvalue weighted by molar-refractivity contribution is 5.79. The number of benzene rings is 2. The van der Waals surface area contributed by atoms with Crippen LogP contribution in [0.3, 0.4) is 0 Å². The van der Waals surface area contributed by atoms with Crippen LogP contribution in [-0.2, 0) is 12.0 Å². The van der Waals surface area contributed by atoms with Crippen molar-refractivity contribution < 1.29 is 0 Å². The smallest absolute Gasteiger partial charge is 0.191 e. The van der Waals surface area contributed by atoms with E-state index >= 15 is 0 Å². The van der Waals surface area contributed by atoms with Crippen LogP contribution in [0, 0.1) is 0 Å². The standard InChI is InChI=1S/C22H27N5/c1-22(2,19-10-6-4-7-11-19)17-25-21(23-3)24-14-18-15-26-27(16-18)20-12-8-5-9-13-20/h4-13,15-16H,14,17H2,1-3H3,(H2,23,24,25). The molecule has 3 aromatic rings. The van der Waals surface area contributed by atoms with Crippen LogP contribution < -0.4 is 10.6 Å². The molecule has 2 N–H and O–H groups in total. The van der Waals surface area contributed by atoms with Crippen LogP contribution in [0.25, 0.3) is 5.69 Å². The second-order valence-electron chi connectivity index (χ2n) is 7.16. The van der Waals surface area contributed by atoms with Crippen molar-refractivity contribution in [2.75, 3.05) is 13.6 Å². The maximum absolute atomic E-state index is 4.43. The van der Waals surface area contributed by atoms with Crippen molar-refractivity contribution in [3.05, 3.63) is 84.2 Å². The molecule has 0 aliphatic rings. The predicted octanol–water partition coefficient (Wildman–Crippen LogP) is 3.52. The van der Waals surface area contributed by atoms with E-state index < -0.39 is 0 Å². The highest BCUT2D eigenvalue weighted by atomic mass is 15.3. The Labute approximate surface area is 161 Å². The van der Waals surface area contributed by atoms with Crippen LogP contribution in [0.2, 0.25) is 0 Å². The van der Waals surface area contributed by atoms with E-state index in [0.717, 1.165) is 23.8 Å². The van der Waals surface area contributed by atoms with Crippen molar-refractivity contribution in [2.24, 2.45) is 4.99 Å². The molecular formula is C22H27N5. The Bertz CT molecular complexity index is 866. The van der Waals surface area contributed by atoms with Gasteiger partial charge in [0.1, 0.15) is 0 Å². The largest absolute Gasteiger partial charge is 0.356 e. The Balaban J connectivity index is 1.55. The van der Waals surface area contributed by atoms with Gasteiger partial charge in [-0.15, -0.1) is 0 Å². The van der Waals surface area contributed by atoms with E-state index in [1.165, 1.54) is 5.56 Å². The minimum Gasteiger partial charge on any atom is -0.356 e. The maximum Gasteiger partial charge on any atom is 0.191 e. The van der Waals surface area contributed by atoms with Gasteiger partial charge in [-0.3, -0.25) is 4.99 Å². The van der Waals surface area contributed by atoms with E-state index in [1.807, 2.05) is 53.5 Å². The third-order valence-corrected chi connectivity index (χ3v) is 4.59. The molecule has 0 saturated carbocycles. The number of aliphatic imine (C=N–C) groups is 1.